The summed E-state index contributed by atoms with van der Waals surface area (Å²) in [5, 5.41) is 0. The molecule has 0 aromatic rings. The van der Waals surface area contributed by atoms with Crippen molar-refractivity contribution in [1.82, 2.24) is 19.6 Å². The van der Waals surface area contributed by atoms with Crippen LogP contribution in [0.1, 0.15) is 77.0 Å². The highest BCUT2D eigenvalue weighted by atomic mass is 32.2. The van der Waals surface area contributed by atoms with Gasteiger partial charge in [-0.1, -0.05) is 6.42 Å². The summed E-state index contributed by atoms with van der Waals surface area (Å²) in [5.74, 6) is 1.36. The van der Waals surface area contributed by atoms with Crippen LogP contribution in [0.25, 0.3) is 0 Å². The van der Waals surface area contributed by atoms with Crippen LogP contribution in [0.2, 0.25) is 0 Å². The maximum atomic E-state index is 14.0. The fourth-order valence-corrected chi connectivity index (χ4v) is 10.1. The minimum absolute atomic E-state index is 0.159. The molecule has 1 spiro atoms. The Balaban J connectivity index is 1.21. The first-order valence-corrected chi connectivity index (χ1v) is 18.1. The first-order valence-electron chi connectivity index (χ1n) is 16.1. The molecule has 0 radical (unpaired) electrons. The lowest BCUT2D eigenvalue weighted by Gasteiger charge is -2.48. The number of carbonyl (C=O) groups is 5. The van der Waals surface area contributed by atoms with Crippen molar-refractivity contribution in [2.75, 3.05) is 51.4 Å². The number of ether oxygens (including phenoxy) is 1. The van der Waals surface area contributed by atoms with E-state index in [0.29, 0.717) is 70.4 Å². The lowest BCUT2D eigenvalue weighted by Crippen LogP contribution is -2.61. The normalized spacial score (nSPS) is 30.7. The van der Waals surface area contributed by atoms with Crippen molar-refractivity contribution >= 4 is 53.3 Å². The maximum absolute atomic E-state index is 14.0. The molecule has 4 saturated heterocycles. The summed E-state index contributed by atoms with van der Waals surface area (Å²) >= 11 is 3.12. The zero-order chi connectivity index (χ0) is 30.1. The smallest absolute Gasteiger partial charge is 0.334 e. The van der Waals surface area contributed by atoms with E-state index < -0.39 is 17.8 Å². The van der Waals surface area contributed by atoms with Crippen LogP contribution in [0.5, 0.6) is 0 Å². The molecule has 0 atom stereocenters. The van der Waals surface area contributed by atoms with E-state index in [1.807, 2.05) is 4.90 Å². The van der Waals surface area contributed by atoms with Crippen LogP contribution < -0.4 is 0 Å². The van der Waals surface area contributed by atoms with Gasteiger partial charge in [-0.2, -0.15) is 0 Å². The molecule has 6 aliphatic rings. The van der Waals surface area contributed by atoms with Crippen molar-refractivity contribution in [2.24, 2.45) is 17.3 Å². The highest BCUT2D eigenvalue weighted by Gasteiger charge is 2.50. The number of nitrogens with zero attached hydrogens (tertiary/aromatic N) is 4. The third-order valence-electron chi connectivity index (χ3n) is 10.5. The van der Waals surface area contributed by atoms with Gasteiger partial charge in [0.05, 0.1) is 4.24 Å². The molecular formula is C31H44N4O6S2. The van der Waals surface area contributed by atoms with Crippen LogP contribution in [-0.2, 0) is 19.1 Å². The minimum atomic E-state index is -0.469. The molecule has 12 heteroatoms. The van der Waals surface area contributed by atoms with E-state index in [1.165, 1.54) is 14.7 Å². The Kier molecular flexibility index (Phi) is 9.45. The lowest BCUT2D eigenvalue weighted by molar-refractivity contribution is -0.138. The topological polar surface area (TPSA) is 108 Å². The van der Waals surface area contributed by atoms with Gasteiger partial charge in [0.1, 0.15) is 5.57 Å². The van der Waals surface area contributed by atoms with Crippen molar-refractivity contribution in [3.63, 3.8) is 0 Å². The largest absolute Gasteiger partial charge is 0.381 e. The number of imide groups is 3. The average Bonchev–Trinajstić information content (AvgIpc) is 2.99. The fourth-order valence-electron chi connectivity index (χ4n) is 7.49. The van der Waals surface area contributed by atoms with Gasteiger partial charge in [-0.25, -0.2) is 9.59 Å². The minimum Gasteiger partial charge on any atom is -0.381 e. The van der Waals surface area contributed by atoms with Crippen LogP contribution in [-0.4, -0.2) is 107 Å². The van der Waals surface area contributed by atoms with Crippen LogP contribution in [0.3, 0.4) is 0 Å². The molecule has 2 saturated carbocycles. The Hall–Kier alpha value is -2.05. The van der Waals surface area contributed by atoms with Gasteiger partial charge in [-0.05, 0) is 93.0 Å². The molecule has 4 aliphatic heterocycles. The predicted octanol–water partition coefficient (Wildman–Crippen LogP) is 4.69. The summed E-state index contributed by atoms with van der Waals surface area (Å²) < 4.78 is 6.29. The second kappa shape index (κ2) is 13.1. The molecule has 43 heavy (non-hydrogen) atoms. The summed E-state index contributed by atoms with van der Waals surface area (Å²) in [5.41, 5.74) is -0.0600. The Morgan fingerprint density at radius 3 is 2.12 bits per heavy atom. The van der Waals surface area contributed by atoms with Crippen LogP contribution in [0.4, 0.5) is 9.59 Å². The van der Waals surface area contributed by atoms with E-state index in [9.17, 15) is 24.0 Å². The maximum Gasteiger partial charge on any atom is 0.334 e. The molecule has 2 aliphatic carbocycles. The van der Waals surface area contributed by atoms with Crippen molar-refractivity contribution in [3.05, 3.63) is 9.81 Å². The van der Waals surface area contributed by atoms with Crippen molar-refractivity contribution in [2.45, 2.75) is 83.1 Å². The van der Waals surface area contributed by atoms with Gasteiger partial charge in [-0.3, -0.25) is 29.1 Å². The third-order valence-corrected chi connectivity index (χ3v) is 13.1. The van der Waals surface area contributed by atoms with Crippen molar-refractivity contribution < 1.29 is 28.7 Å². The zero-order valence-corrected chi connectivity index (χ0v) is 26.9. The Bertz CT molecular complexity index is 1170. The van der Waals surface area contributed by atoms with Gasteiger partial charge >= 0.3 is 12.1 Å². The molecule has 0 N–H and O–H groups in total. The molecule has 0 aromatic carbocycles. The Morgan fingerprint density at radius 1 is 0.791 bits per heavy atom. The van der Waals surface area contributed by atoms with Crippen molar-refractivity contribution in [1.29, 1.82) is 0 Å². The first kappa shape index (κ1) is 31.0. The van der Waals surface area contributed by atoms with Gasteiger partial charge in [0, 0.05) is 52.4 Å². The van der Waals surface area contributed by atoms with E-state index in [-0.39, 0.29) is 29.0 Å². The average molecular weight is 633 g/mol. The number of hydrogen-bond donors (Lipinski definition) is 0. The number of hydrogen-bond acceptors (Lipinski definition) is 8. The van der Waals surface area contributed by atoms with Crippen LogP contribution in [0.15, 0.2) is 9.81 Å². The predicted molar refractivity (Wildman–Crippen MR) is 165 cm³/mol. The van der Waals surface area contributed by atoms with Gasteiger partial charge in [-0.15, -0.1) is 23.5 Å². The van der Waals surface area contributed by atoms with E-state index in [1.54, 1.807) is 30.6 Å². The molecule has 10 nitrogen and oxygen atoms in total. The van der Waals surface area contributed by atoms with Crippen LogP contribution in [0, 0.1) is 17.3 Å². The van der Waals surface area contributed by atoms with E-state index >= 15 is 0 Å². The number of thioether (sulfide) groups is 2. The summed E-state index contributed by atoms with van der Waals surface area (Å²) in [4.78, 5) is 73.8. The molecule has 7 amide bonds. The summed E-state index contributed by atoms with van der Waals surface area (Å²) in [6.45, 7) is 2.95. The molecular weight excluding hydrogens is 588 g/mol. The van der Waals surface area contributed by atoms with Crippen molar-refractivity contribution in [3.8, 4) is 0 Å². The molecule has 236 valence electrons. The second-order valence-electron chi connectivity index (χ2n) is 13.3. The number of carbonyl (C=O) groups excluding carboxylic acids is 5. The van der Waals surface area contributed by atoms with Gasteiger partial charge in [0.15, 0.2) is 0 Å². The number of amides is 7. The van der Waals surface area contributed by atoms with Gasteiger partial charge in [0.2, 0.25) is 5.91 Å². The van der Waals surface area contributed by atoms with E-state index in [2.05, 4.69) is 0 Å². The van der Waals surface area contributed by atoms with E-state index in [0.717, 1.165) is 67.1 Å². The van der Waals surface area contributed by atoms with Crippen LogP contribution >= 0.6 is 23.5 Å². The summed E-state index contributed by atoms with van der Waals surface area (Å²) in [6, 6.07) is -1.01. The molecule has 6 fully saturated rings. The van der Waals surface area contributed by atoms with Gasteiger partial charge in [0.25, 0.3) is 11.8 Å². The van der Waals surface area contributed by atoms with E-state index in [4.69, 9.17) is 4.74 Å². The first-order chi connectivity index (χ1) is 20.8. The van der Waals surface area contributed by atoms with Gasteiger partial charge < -0.3 is 9.64 Å². The molecule has 4 heterocycles. The standard InChI is InChI=1S/C31H44N4O6S2/c1-32-24(36)8-13-31(20-33(29(32)39)18-22-9-14-41-15-10-22)11-6-23(7-12-31)35-27(38)25(28-42-16-3-17-43-28)26(37)34(30(35)40)19-21-4-2-5-21/h21-23H,2-20H2,1H3. The summed E-state index contributed by atoms with van der Waals surface area (Å²) in [7, 11) is 1.58. The number of barbiturate groups is 1. The number of urea groups is 2. The lowest BCUT2D eigenvalue weighted by atomic mass is 9.68. The zero-order valence-electron chi connectivity index (χ0n) is 25.2. The SMILES string of the molecule is CN1C(=O)CCC2(CCC(N3C(=O)C(=C4SCCCS4)C(=O)N(CC4CCC4)C3=O)CC2)CN(CC2CCOCC2)C1=O. The monoisotopic (exact) mass is 632 g/mol. The quantitative estimate of drug-likeness (QED) is 0.318. The Morgan fingerprint density at radius 2 is 1.47 bits per heavy atom. The summed E-state index contributed by atoms with van der Waals surface area (Å²) in [6.07, 6.45) is 9.59. The fraction of sp³-hybridized carbons (Fsp3) is 0.774. The Labute approximate surface area is 262 Å². The number of rotatable bonds is 5. The molecule has 6 rings (SSSR count). The highest BCUT2D eigenvalue weighted by Crippen LogP contribution is 2.46. The molecule has 0 unspecified atom stereocenters. The highest BCUT2D eigenvalue weighted by molar-refractivity contribution is 8.22. The molecule has 0 bridgehead atoms. The second-order valence-corrected chi connectivity index (χ2v) is 15.8. The third kappa shape index (κ3) is 6.38. The molecule has 0 aromatic heterocycles.